The molecule has 1 nitrogen and oxygen atoms in total. The van der Waals surface area contributed by atoms with Crippen molar-refractivity contribution in [3.63, 3.8) is 0 Å². The van der Waals surface area contributed by atoms with Crippen molar-refractivity contribution in [1.29, 1.82) is 0 Å². The summed E-state index contributed by atoms with van der Waals surface area (Å²) in [5.41, 5.74) is 3.55. The first-order valence-electron chi connectivity index (χ1n) is 7.14. The first-order chi connectivity index (χ1) is 8.20. The lowest BCUT2D eigenvalue weighted by molar-refractivity contribution is 0.0331. The number of hydrogen-bond acceptors (Lipinski definition) is 1. The Bertz CT molecular complexity index is 418. The highest BCUT2D eigenvalue weighted by atomic mass is 14.7. The molecule has 0 amide bonds. The van der Waals surface area contributed by atoms with E-state index in [0.717, 1.165) is 6.42 Å². The Labute approximate surface area is 112 Å². The zero-order valence-corrected chi connectivity index (χ0v) is 12.8. The lowest BCUT2D eigenvalue weighted by atomic mass is 9.48. The van der Waals surface area contributed by atoms with Gasteiger partial charge in [0.05, 0.1) is 0 Å². The van der Waals surface area contributed by atoms with Crippen LogP contribution in [0.25, 0.3) is 0 Å². The van der Waals surface area contributed by atoms with Crippen LogP contribution < -0.4 is 0 Å². The number of pyridine rings is 1. The van der Waals surface area contributed by atoms with Crippen molar-refractivity contribution >= 4 is 0 Å². The molecule has 1 aliphatic carbocycles. The molecule has 0 radical (unpaired) electrons. The molecular formula is C17H27N. The molecule has 1 aromatic heterocycles. The summed E-state index contributed by atoms with van der Waals surface area (Å²) in [7, 11) is 0. The minimum absolute atomic E-state index is 0.224. The lowest BCUT2D eigenvalue weighted by Gasteiger charge is -2.56. The monoisotopic (exact) mass is 245 g/mol. The van der Waals surface area contributed by atoms with Gasteiger partial charge in [-0.2, -0.15) is 0 Å². The van der Waals surface area contributed by atoms with Gasteiger partial charge in [0.2, 0.25) is 0 Å². The minimum Gasteiger partial charge on any atom is -0.261 e. The zero-order chi connectivity index (χ0) is 13.6. The van der Waals surface area contributed by atoms with Crippen LogP contribution in [0.2, 0.25) is 0 Å². The Morgan fingerprint density at radius 3 is 2.22 bits per heavy atom. The normalized spacial score (nSPS) is 19.4. The SMILES string of the molecule is CC(C)(C)C1(C(C)(C)C)CCCc2ncccc21. The van der Waals surface area contributed by atoms with Gasteiger partial charge in [0, 0.05) is 17.3 Å². The third kappa shape index (κ3) is 1.79. The number of aromatic nitrogens is 1. The van der Waals surface area contributed by atoms with Crippen molar-refractivity contribution in [2.75, 3.05) is 0 Å². The first-order valence-corrected chi connectivity index (χ1v) is 7.14. The van der Waals surface area contributed by atoms with Gasteiger partial charge in [-0.1, -0.05) is 47.6 Å². The van der Waals surface area contributed by atoms with Crippen LogP contribution >= 0.6 is 0 Å². The quantitative estimate of drug-likeness (QED) is 0.643. The topological polar surface area (TPSA) is 12.9 Å². The Kier molecular flexibility index (Phi) is 3.08. The lowest BCUT2D eigenvalue weighted by Crippen LogP contribution is -2.52. The van der Waals surface area contributed by atoms with Crippen LogP contribution in [0.5, 0.6) is 0 Å². The molecule has 100 valence electrons. The average molecular weight is 245 g/mol. The Balaban J connectivity index is 2.72. The third-order valence-electron chi connectivity index (χ3n) is 4.88. The average Bonchev–Trinajstić information content (AvgIpc) is 2.25. The maximum atomic E-state index is 4.64. The molecule has 0 fully saturated rings. The first kappa shape index (κ1) is 13.6. The summed E-state index contributed by atoms with van der Waals surface area (Å²) in [6.45, 7) is 14.3. The van der Waals surface area contributed by atoms with Crippen LogP contribution in [0.1, 0.15) is 65.6 Å². The minimum atomic E-state index is 0.224. The van der Waals surface area contributed by atoms with E-state index in [9.17, 15) is 0 Å². The van der Waals surface area contributed by atoms with Crippen LogP contribution in [-0.2, 0) is 11.8 Å². The van der Waals surface area contributed by atoms with Crippen molar-refractivity contribution in [3.8, 4) is 0 Å². The molecule has 0 unspecified atom stereocenters. The van der Waals surface area contributed by atoms with E-state index in [4.69, 9.17) is 0 Å². The second kappa shape index (κ2) is 4.08. The highest BCUT2D eigenvalue weighted by molar-refractivity contribution is 5.36. The second-order valence-electron chi connectivity index (χ2n) is 7.76. The number of rotatable bonds is 0. The van der Waals surface area contributed by atoms with Gasteiger partial charge in [0.15, 0.2) is 0 Å². The van der Waals surface area contributed by atoms with Gasteiger partial charge in [-0.3, -0.25) is 4.98 Å². The van der Waals surface area contributed by atoms with E-state index >= 15 is 0 Å². The maximum Gasteiger partial charge on any atom is 0.0441 e. The largest absolute Gasteiger partial charge is 0.261 e. The van der Waals surface area contributed by atoms with Crippen molar-refractivity contribution in [3.05, 3.63) is 29.6 Å². The molecule has 1 heterocycles. The molecule has 1 aliphatic rings. The molecule has 2 rings (SSSR count). The fourth-order valence-corrected chi connectivity index (χ4v) is 4.36. The van der Waals surface area contributed by atoms with E-state index in [-0.39, 0.29) is 16.2 Å². The van der Waals surface area contributed by atoms with Gasteiger partial charge in [-0.15, -0.1) is 0 Å². The molecule has 0 aliphatic heterocycles. The summed E-state index contributed by atoms with van der Waals surface area (Å²) in [6, 6.07) is 4.42. The van der Waals surface area contributed by atoms with E-state index in [1.165, 1.54) is 24.1 Å². The summed E-state index contributed by atoms with van der Waals surface area (Å²) < 4.78 is 0. The van der Waals surface area contributed by atoms with Gasteiger partial charge in [-0.05, 0) is 41.7 Å². The Morgan fingerprint density at radius 1 is 1.06 bits per heavy atom. The number of hydrogen-bond donors (Lipinski definition) is 0. The fourth-order valence-electron chi connectivity index (χ4n) is 4.36. The molecule has 18 heavy (non-hydrogen) atoms. The van der Waals surface area contributed by atoms with Crippen LogP contribution in [0.15, 0.2) is 18.3 Å². The van der Waals surface area contributed by atoms with E-state index in [0.29, 0.717) is 0 Å². The van der Waals surface area contributed by atoms with E-state index in [2.05, 4.69) is 58.7 Å². The number of aryl methyl sites for hydroxylation is 1. The molecular weight excluding hydrogens is 218 g/mol. The molecule has 1 heteroatoms. The summed E-state index contributed by atoms with van der Waals surface area (Å²) in [6.07, 6.45) is 5.63. The Morgan fingerprint density at radius 2 is 1.67 bits per heavy atom. The van der Waals surface area contributed by atoms with Gasteiger partial charge in [0.25, 0.3) is 0 Å². The van der Waals surface area contributed by atoms with Gasteiger partial charge < -0.3 is 0 Å². The van der Waals surface area contributed by atoms with Crippen molar-refractivity contribution in [1.82, 2.24) is 4.98 Å². The highest BCUT2D eigenvalue weighted by Gasteiger charge is 2.53. The molecule has 1 aromatic rings. The summed E-state index contributed by atoms with van der Waals surface area (Å²) in [5, 5.41) is 0. The van der Waals surface area contributed by atoms with Gasteiger partial charge in [-0.25, -0.2) is 0 Å². The van der Waals surface area contributed by atoms with Crippen molar-refractivity contribution in [2.45, 2.75) is 66.2 Å². The standard InChI is InChI=1S/C17H27N/c1-15(2,3)17(16(4,5)6)11-7-10-14-13(17)9-8-12-18-14/h8-9,12H,7,10-11H2,1-6H3. The fraction of sp³-hybridized carbons (Fsp3) is 0.706. The van der Waals surface area contributed by atoms with E-state index < -0.39 is 0 Å². The summed E-state index contributed by atoms with van der Waals surface area (Å²) in [4.78, 5) is 4.64. The zero-order valence-electron chi connectivity index (χ0n) is 12.8. The molecule has 0 atom stereocenters. The smallest absolute Gasteiger partial charge is 0.0441 e. The number of nitrogens with zero attached hydrogens (tertiary/aromatic N) is 1. The molecule has 0 aromatic carbocycles. The predicted molar refractivity (Wildman–Crippen MR) is 77.8 cm³/mol. The van der Waals surface area contributed by atoms with Crippen LogP contribution in [0.3, 0.4) is 0 Å². The molecule has 0 N–H and O–H groups in total. The molecule has 0 saturated heterocycles. The second-order valence-corrected chi connectivity index (χ2v) is 7.76. The maximum absolute atomic E-state index is 4.64. The Hall–Kier alpha value is -0.850. The van der Waals surface area contributed by atoms with E-state index in [1.54, 1.807) is 0 Å². The highest BCUT2D eigenvalue weighted by Crippen LogP contribution is 2.58. The number of fused-ring (bicyclic) bond motifs is 1. The van der Waals surface area contributed by atoms with Crippen LogP contribution in [-0.4, -0.2) is 4.98 Å². The molecule has 0 saturated carbocycles. The molecule has 0 spiro atoms. The van der Waals surface area contributed by atoms with Crippen LogP contribution in [0.4, 0.5) is 0 Å². The van der Waals surface area contributed by atoms with Gasteiger partial charge in [0.1, 0.15) is 0 Å². The summed E-state index contributed by atoms with van der Waals surface area (Å²) in [5.74, 6) is 0. The van der Waals surface area contributed by atoms with Crippen LogP contribution in [0, 0.1) is 10.8 Å². The molecule has 0 bridgehead atoms. The van der Waals surface area contributed by atoms with E-state index in [1.807, 2.05) is 6.20 Å². The van der Waals surface area contributed by atoms with Crippen molar-refractivity contribution in [2.24, 2.45) is 10.8 Å². The summed E-state index contributed by atoms with van der Waals surface area (Å²) >= 11 is 0. The van der Waals surface area contributed by atoms with Crippen molar-refractivity contribution < 1.29 is 0 Å². The van der Waals surface area contributed by atoms with Gasteiger partial charge >= 0.3 is 0 Å². The predicted octanol–water partition coefficient (Wildman–Crippen LogP) is 4.75. The third-order valence-corrected chi connectivity index (χ3v) is 4.88.